The minimum atomic E-state index is -0.990. The summed E-state index contributed by atoms with van der Waals surface area (Å²) in [6, 6.07) is 16.9. The first-order chi connectivity index (χ1) is 28.0. The lowest BCUT2D eigenvalue weighted by Crippen LogP contribution is -2.55. The summed E-state index contributed by atoms with van der Waals surface area (Å²) < 4.78 is 6.15. The van der Waals surface area contributed by atoms with Crippen LogP contribution in [0.15, 0.2) is 54.6 Å². The van der Waals surface area contributed by atoms with Crippen molar-refractivity contribution in [2.24, 2.45) is 5.92 Å². The van der Waals surface area contributed by atoms with Crippen LogP contribution in [0.5, 0.6) is 5.75 Å². The molecular weight excluding hydrogens is 762 g/mol. The number of nitriles is 1. The second-order valence-electron chi connectivity index (χ2n) is 16.1. The van der Waals surface area contributed by atoms with E-state index in [0.717, 1.165) is 74.6 Å². The van der Waals surface area contributed by atoms with Gasteiger partial charge in [-0.2, -0.15) is 5.26 Å². The summed E-state index contributed by atoms with van der Waals surface area (Å²) in [6.45, 7) is 5.72. The molecule has 6 amide bonds. The highest BCUT2D eigenvalue weighted by Gasteiger charge is 2.45. The number of ether oxygens (including phenoxy) is 1. The van der Waals surface area contributed by atoms with Crippen LogP contribution in [-0.2, 0) is 16.1 Å². The van der Waals surface area contributed by atoms with Gasteiger partial charge in [0.15, 0.2) is 0 Å². The number of carbonyl (C=O) groups is 6. The third-order valence-corrected chi connectivity index (χ3v) is 12.9. The van der Waals surface area contributed by atoms with E-state index in [1.54, 1.807) is 42.5 Å². The molecule has 0 aromatic heterocycles. The average Bonchev–Trinajstić information content (AvgIpc) is 3.67. The molecule has 14 nitrogen and oxygen atoms in total. The molecule has 0 bridgehead atoms. The zero-order valence-corrected chi connectivity index (χ0v) is 32.6. The number of nitrogens with one attached hydrogen (secondary N) is 1. The predicted molar refractivity (Wildman–Crippen MR) is 210 cm³/mol. The number of anilines is 1. The van der Waals surface area contributed by atoms with Gasteiger partial charge in [0.25, 0.3) is 23.6 Å². The molecule has 5 aliphatic heterocycles. The summed E-state index contributed by atoms with van der Waals surface area (Å²) in [7, 11) is 0. The fourth-order valence-electron chi connectivity index (χ4n) is 9.33. The highest BCUT2D eigenvalue weighted by atomic mass is 35.5. The van der Waals surface area contributed by atoms with Gasteiger partial charge >= 0.3 is 0 Å². The molecule has 3 aromatic rings. The highest BCUT2D eigenvalue weighted by Crippen LogP contribution is 2.35. The Kier molecular flexibility index (Phi) is 9.89. The Labute approximate surface area is 340 Å². The van der Waals surface area contributed by atoms with Gasteiger partial charge in [0.2, 0.25) is 11.8 Å². The molecule has 9 rings (SSSR count). The molecule has 6 aliphatic rings. The second-order valence-corrected chi connectivity index (χ2v) is 16.6. The monoisotopic (exact) mass is 803 g/mol. The maximum Gasteiger partial charge on any atom is 0.262 e. The van der Waals surface area contributed by atoms with Gasteiger partial charge in [0, 0.05) is 93.6 Å². The third-order valence-electron chi connectivity index (χ3n) is 12.6. The first-order valence-corrected chi connectivity index (χ1v) is 20.3. The summed E-state index contributed by atoms with van der Waals surface area (Å²) in [5, 5.41) is 11.7. The van der Waals surface area contributed by atoms with Gasteiger partial charge in [-0.05, 0) is 86.2 Å². The van der Waals surface area contributed by atoms with Crippen LogP contribution in [0.4, 0.5) is 5.69 Å². The molecule has 298 valence electrons. The zero-order valence-electron chi connectivity index (χ0n) is 31.8. The van der Waals surface area contributed by atoms with Gasteiger partial charge in [-0.1, -0.05) is 11.6 Å². The molecule has 3 saturated heterocycles. The van der Waals surface area contributed by atoms with Gasteiger partial charge < -0.3 is 19.4 Å². The SMILES string of the molecule is N#Cc1ccc(O[C@H]2CC[C@H](N3Cc4cc(C(=O)N5CCN(CC6CN(c7ccc8c(c7)C(=O)N(C7CCC(=O)NC7=O)C8=O)C6)CC5)ccc4C3=O)CC2)cc1Cl. The van der Waals surface area contributed by atoms with Gasteiger partial charge in [-0.3, -0.25) is 43.9 Å². The molecule has 3 aromatic carbocycles. The zero-order chi connectivity index (χ0) is 40.2. The summed E-state index contributed by atoms with van der Waals surface area (Å²) in [5.74, 6) is -1.01. The highest BCUT2D eigenvalue weighted by molar-refractivity contribution is 6.31. The molecule has 58 heavy (non-hydrogen) atoms. The number of hydrogen-bond donors (Lipinski definition) is 1. The van der Waals surface area contributed by atoms with Crippen molar-refractivity contribution in [1.29, 1.82) is 5.26 Å². The van der Waals surface area contributed by atoms with Crippen LogP contribution in [-0.4, -0.2) is 119 Å². The van der Waals surface area contributed by atoms with E-state index in [4.69, 9.17) is 21.6 Å². The van der Waals surface area contributed by atoms with Crippen molar-refractivity contribution in [1.82, 2.24) is 24.9 Å². The normalized spacial score (nSPS) is 23.7. The maximum atomic E-state index is 13.6. The lowest BCUT2D eigenvalue weighted by molar-refractivity contribution is -0.136. The lowest BCUT2D eigenvalue weighted by atomic mass is 9.92. The van der Waals surface area contributed by atoms with Crippen molar-refractivity contribution < 1.29 is 33.5 Å². The minimum absolute atomic E-state index is 0.00830. The van der Waals surface area contributed by atoms with Crippen LogP contribution in [0, 0.1) is 17.2 Å². The van der Waals surface area contributed by atoms with Crippen LogP contribution in [0.25, 0.3) is 0 Å². The summed E-state index contributed by atoms with van der Waals surface area (Å²) >= 11 is 6.18. The van der Waals surface area contributed by atoms with Gasteiger partial charge in [-0.15, -0.1) is 0 Å². The molecule has 1 N–H and O–H groups in total. The number of rotatable bonds is 8. The van der Waals surface area contributed by atoms with Gasteiger partial charge in [0.05, 0.1) is 27.8 Å². The Morgan fingerprint density at radius 1 is 0.828 bits per heavy atom. The topological polar surface area (TPSA) is 164 Å². The summed E-state index contributed by atoms with van der Waals surface area (Å²) in [6.07, 6.45) is 3.43. The quantitative estimate of drug-likeness (QED) is 0.331. The van der Waals surface area contributed by atoms with Crippen LogP contribution >= 0.6 is 11.6 Å². The molecule has 5 heterocycles. The largest absolute Gasteiger partial charge is 0.490 e. The standard InChI is InChI=1S/C43H42ClN7O7/c44-36-19-32(6-1-27(36)20-45)58-31-7-3-29(4-8-31)50-24-28-17-26(2-9-33(28)41(50)55)40(54)48-15-13-47(14-16-48)21-25-22-49(23-25)30-5-10-34-35(18-30)43(57)51(42(34)56)37-11-12-38(52)46-39(37)53/h1-2,5-6,9-10,17-19,25,29,31,37H,3-4,7-8,11-16,21-24H2,(H,46,52,53)/t29-,31-,37?. The fraction of sp³-hybridized carbons (Fsp3) is 0.419. The van der Waals surface area contributed by atoms with E-state index in [0.29, 0.717) is 53.0 Å². The summed E-state index contributed by atoms with van der Waals surface area (Å²) in [4.78, 5) is 86.8. The number of benzene rings is 3. The number of fused-ring (bicyclic) bond motifs is 2. The van der Waals surface area contributed by atoms with Crippen molar-refractivity contribution in [3.63, 3.8) is 0 Å². The van der Waals surface area contributed by atoms with Gasteiger partial charge in [0.1, 0.15) is 17.9 Å². The number of imide groups is 2. The van der Waals surface area contributed by atoms with E-state index < -0.39 is 29.7 Å². The van der Waals surface area contributed by atoms with Crippen LogP contribution in [0.2, 0.25) is 5.02 Å². The molecule has 15 heteroatoms. The summed E-state index contributed by atoms with van der Waals surface area (Å²) in [5.41, 5.74) is 3.96. The number of carbonyl (C=O) groups excluding carboxylic acids is 6. The third kappa shape index (κ3) is 6.96. The van der Waals surface area contributed by atoms with Gasteiger partial charge in [-0.25, -0.2) is 0 Å². The Morgan fingerprint density at radius 2 is 1.57 bits per heavy atom. The van der Waals surface area contributed by atoms with Crippen LogP contribution < -0.4 is 15.0 Å². The minimum Gasteiger partial charge on any atom is -0.490 e. The van der Waals surface area contributed by atoms with E-state index in [-0.39, 0.29) is 47.9 Å². The molecule has 1 atom stereocenters. The molecule has 1 saturated carbocycles. The first kappa shape index (κ1) is 37.8. The number of amides is 6. The molecule has 1 aliphatic carbocycles. The number of nitrogens with zero attached hydrogens (tertiary/aromatic N) is 6. The Bertz CT molecular complexity index is 2290. The van der Waals surface area contributed by atoms with Crippen molar-refractivity contribution in [3.05, 3.63) is 93.0 Å². The fourth-order valence-corrected chi connectivity index (χ4v) is 9.54. The molecule has 0 radical (unpaired) electrons. The van der Waals surface area contributed by atoms with E-state index in [1.807, 2.05) is 21.9 Å². The number of halogens is 1. The smallest absolute Gasteiger partial charge is 0.262 e. The Balaban J connectivity index is 0.730. The molecule has 0 spiro atoms. The number of hydrogen-bond acceptors (Lipinski definition) is 10. The van der Waals surface area contributed by atoms with E-state index in [1.165, 1.54) is 0 Å². The predicted octanol–water partition coefficient (Wildman–Crippen LogP) is 3.85. The van der Waals surface area contributed by atoms with E-state index in [9.17, 15) is 28.8 Å². The van der Waals surface area contributed by atoms with E-state index in [2.05, 4.69) is 21.2 Å². The molecule has 4 fully saturated rings. The lowest BCUT2D eigenvalue weighted by Gasteiger charge is -2.45. The van der Waals surface area contributed by atoms with E-state index >= 15 is 0 Å². The average molecular weight is 804 g/mol. The second kappa shape index (κ2) is 15.2. The Morgan fingerprint density at radius 3 is 2.29 bits per heavy atom. The molecule has 1 unspecified atom stereocenters. The van der Waals surface area contributed by atoms with Crippen LogP contribution in [0.1, 0.15) is 91.1 Å². The van der Waals surface area contributed by atoms with Crippen molar-refractivity contribution >= 4 is 52.7 Å². The van der Waals surface area contributed by atoms with Crippen molar-refractivity contribution in [3.8, 4) is 11.8 Å². The van der Waals surface area contributed by atoms with Crippen LogP contribution in [0.3, 0.4) is 0 Å². The first-order valence-electron chi connectivity index (χ1n) is 20.0. The molecular formula is C43H42ClN7O7. The van der Waals surface area contributed by atoms with Crippen molar-refractivity contribution in [2.75, 3.05) is 50.7 Å². The van der Waals surface area contributed by atoms with Crippen molar-refractivity contribution in [2.45, 2.75) is 63.3 Å². The maximum absolute atomic E-state index is 13.6. The number of piperazine rings is 1. The Hall–Kier alpha value is -5.78. The number of piperidine rings is 1.